The Morgan fingerprint density at radius 1 is 1.36 bits per heavy atom. The van der Waals surface area contributed by atoms with Gasteiger partial charge in [0.15, 0.2) is 0 Å². The zero-order valence-corrected chi connectivity index (χ0v) is 13.7. The van der Waals surface area contributed by atoms with E-state index >= 15 is 0 Å². The van der Waals surface area contributed by atoms with Crippen LogP contribution in [0.15, 0.2) is 35.2 Å². The number of ether oxygens (including phenoxy) is 2. The lowest BCUT2D eigenvalue weighted by molar-refractivity contribution is 0.0672. The molecule has 0 aliphatic carbocycles. The topological polar surface area (TPSA) is 34.6 Å². The summed E-state index contributed by atoms with van der Waals surface area (Å²) in [5.74, 6) is 0.943. The van der Waals surface area contributed by atoms with Crippen LogP contribution in [0.3, 0.4) is 0 Å². The third kappa shape index (κ3) is 4.06. The van der Waals surface area contributed by atoms with Crippen LogP contribution in [0.5, 0.6) is 5.75 Å². The maximum absolute atomic E-state index is 5.81. The molecule has 4 nitrogen and oxygen atoms in total. The third-order valence-corrected chi connectivity index (χ3v) is 4.58. The van der Waals surface area contributed by atoms with Crippen LogP contribution in [0.4, 0.5) is 0 Å². The van der Waals surface area contributed by atoms with Gasteiger partial charge in [-0.3, -0.25) is 4.90 Å². The molecule has 0 bridgehead atoms. The van der Waals surface area contributed by atoms with Crippen molar-refractivity contribution in [3.63, 3.8) is 0 Å². The molecule has 2 heterocycles. The lowest BCUT2D eigenvalue weighted by Crippen LogP contribution is -2.31. The normalized spacial score (nSPS) is 18.0. The van der Waals surface area contributed by atoms with E-state index in [2.05, 4.69) is 27.4 Å². The minimum absolute atomic E-state index is 0.341. The molecule has 22 heavy (non-hydrogen) atoms. The summed E-state index contributed by atoms with van der Waals surface area (Å²) in [6.07, 6.45) is 2.66. The molecule has 0 spiro atoms. The Bertz CT molecular complexity index is 568. The third-order valence-electron chi connectivity index (χ3n) is 3.94. The molecular formula is C17H22N2O2S. The SMILES string of the molecule is COc1ccccc1CN(Cc1cscn1)CC1CCCO1. The van der Waals surface area contributed by atoms with Crippen molar-refractivity contribution in [3.05, 3.63) is 46.4 Å². The van der Waals surface area contributed by atoms with E-state index in [4.69, 9.17) is 9.47 Å². The molecule has 1 atom stereocenters. The number of methoxy groups -OCH3 is 1. The van der Waals surface area contributed by atoms with E-state index in [1.807, 2.05) is 17.6 Å². The zero-order chi connectivity index (χ0) is 15.2. The Morgan fingerprint density at radius 2 is 2.27 bits per heavy atom. The number of aromatic nitrogens is 1. The van der Waals surface area contributed by atoms with Gasteiger partial charge in [0, 0.05) is 37.2 Å². The molecule has 5 heteroatoms. The maximum atomic E-state index is 5.81. The van der Waals surface area contributed by atoms with E-state index in [0.717, 1.165) is 44.1 Å². The van der Waals surface area contributed by atoms with Gasteiger partial charge in [-0.25, -0.2) is 4.98 Å². The molecule has 1 unspecified atom stereocenters. The number of hydrogen-bond donors (Lipinski definition) is 0. The molecule has 0 radical (unpaired) electrons. The van der Waals surface area contributed by atoms with Crippen LogP contribution in [-0.4, -0.2) is 36.2 Å². The highest BCUT2D eigenvalue weighted by atomic mass is 32.1. The second-order valence-corrected chi connectivity index (χ2v) is 6.31. The molecule has 1 aromatic heterocycles. The number of para-hydroxylation sites is 1. The highest BCUT2D eigenvalue weighted by Gasteiger charge is 2.20. The highest BCUT2D eigenvalue weighted by Crippen LogP contribution is 2.22. The van der Waals surface area contributed by atoms with E-state index in [1.54, 1.807) is 18.4 Å². The maximum Gasteiger partial charge on any atom is 0.123 e. The Kier molecular flexibility index (Phi) is 5.43. The molecule has 1 aliphatic rings. The molecule has 0 amide bonds. The minimum Gasteiger partial charge on any atom is -0.496 e. The summed E-state index contributed by atoms with van der Waals surface area (Å²) in [5.41, 5.74) is 4.22. The fraction of sp³-hybridized carbons (Fsp3) is 0.471. The summed E-state index contributed by atoms with van der Waals surface area (Å²) in [7, 11) is 1.73. The Hall–Kier alpha value is -1.43. The fourth-order valence-electron chi connectivity index (χ4n) is 2.88. The molecule has 0 N–H and O–H groups in total. The first-order chi connectivity index (χ1) is 10.8. The van der Waals surface area contributed by atoms with Crippen LogP contribution >= 0.6 is 11.3 Å². The lowest BCUT2D eigenvalue weighted by atomic mass is 10.1. The second-order valence-electron chi connectivity index (χ2n) is 5.60. The average Bonchev–Trinajstić information content (AvgIpc) is 3.21. The first kappa shape index (κ1) is 15.5. The number of hydrogen-bond acceptors (Lipinski definition) is 5. The van der Waals surface area contributed by atoms with Gasteiger partial charge in [0.25, 0.3) is 0 Å². The van der Waals surface area contributed by atoms with Crippen molar-refractivity contribution in [1.82, 2.24) is 9.88 Å². The van der Waals surface area contributed by atoms with Gasteiger partial charge in [-0.05, 0) is 18.9 Å². The molecule has 118 valence electrons. The van der Waals surface area contributed by atoms with Gasteiger partial charge in [-0.1, -0.05) is 18.2 Å². The Morgan fingerprint density at radius 3 is 3.00 bits per heavy atom. The number of nitrogens with zero attached hydrogens (tertiary/aromatic N) is 2. The first-order valence-corrected chi connectivity index (χ1v) is 8.62. The van der Waals surface area contributed by atoms with Crippen LogP contribution in [-0.2, 0) is 17.8 Å². The second kappa shape index (κ2) is 7.72. The quantitative estimate of drug-likeness (QED) is 0.784. The molecule has 1 saturated heterocycles. The molecule has 1 aromatic carbocycles. The standard InChI is InChI=1S/C17H22N2O2S/c1-20-17-7-3-2-5-14(17)9-19(10-15-12-22-13-18-15)11-16-6-4-8-21-16/h2-3,5,7,12-13,16H,4,6,8-11H2,1H3. The van der Waals surface area contributed by atoms with Crippen LogP contribution in [0.25, 0.3) is 0 Å². The van der Waals surface area contributed by atoms with Gasteiger partial charge in [0.2, 0.25) is 0 Å². The predicted molar refractivity (Wildman–Crippen MR) is 88.2 cm³/mol. The summed E-state index contributed by atoms with van der Waals surface area (Å²) in [5, 5.41) is 2.12. The van der Waals surface area contributed by atoms with Crippen molar-refractivity contribution in [2.24, 2.45) is 0 Å². The summed E-state index contributed by atoms with van der Waals surface area (Å²) in [6.45, 7) is 3.53. The molecule has 1 fully saturated rings. The minimum atomic E-state index is 0.341. The van der Waals surface area contributed by atoms with E-state index in [0.29, 0.717) is 6.10 Å². The highest BCUT2D eigenvalue weighted by molar-refractivity contribution is 7.07. The zero-order valence-electron chi connectivity index (χ0n) is 12.9. The van der Waals surface area contributed by atoms with Gasteiger partial charge >= 0.3 is 0 Å². The summed E-state index contributed by atoms with van der Waals surface area (Å²) in [6, 6.07) is 8.21. The summed E-state index contributed by atoms with van der Waals surface area (Å²) >= 11 is 1.64. The van der Waals surface area contributed by atoms with E-state index in [-0.39, 0.29) is 0 Å². The molecule has 3 rings (SSSR count). The smallest absolute Gasteiger partial charge is 0.123 e. The predicted octanol–water partition coefficient (Wildman–Crippen LogP) is 3.33. The average molecular weight is 318 g/mol. The lowest BCUT2D eigenvalue weighted by Gasteiger charge is -2.25. The summed E-state index contributed by atoms with van der Waals surface area (Å²) in [4.78, 5) is 6.83. The van der Waals surface area contributed by atoms with Crippen LogP contribution in [0.1, 0.15) is 24.1 Å². The van der Waals surface area contributed by atoms with Crippen LogP contribution in [0, 0.1) is 0 Å². The Labute approximate surface area is 135 Å². The van der Waals surface area contributed by atoms with Crippen molar-refractivity contribution >= 4 is 11.3 Å². The van der Waals surface area contributed by atoms with Gasteiger partial charge in [0.05, 0.1) is 24.4 Å². The molecular weight excluding hydrogens is 296 g/mol. The molecule has 2 aromatic rings. The molecule has 0 saturated carbocycles. The van der Waals surface area contributed by atoms with Crippen LogP contribution < -0.4 is 4.74 Å². The molecule has 1 aliphatic heterocycles. The van der Waals surface area contributed by atoms with Crippen molar-refractivity contribution < 1.29 is 9.47 Å². The van der Waals surface area contributed by atoms with E-state index in [1.165, 1.54) is 12.0 Å². The van der Waals surface area contributed by atoms with E-state index in [9.17, 15) is 0 Å². The van der Waals surface area contributed by atoms with Gasteiger partial charge < -0.3 is 9.47 Å². The number of thiazole rings is 1. The Balaban J connectivity index is 1.71. The first-order valence-electron chi connectivity index (χ1n) is 7.68. The van der Waals surface area contributed by atoms with Gasteiger partial charge in [0.1, 0.15) is 5.75 Å². The number of rotatable bonds is 7. The summed E-state index contributed by atoms with van der Waals surface area (Å²) < 4.78 is 11.3. The largest absolute Gasteiger partial charge is 0.496 e. The van der Waals surface area contributed by atoms with Crippen molar-refractivity contribution in [2.75, 3.05) is 20.3 Å². The van der Waals surface area contributed by atoms with E-state index < -0.39 is 0 Å². The van der Waals surface area contributed by atoms with Gasteiger partial charge in [-0.2, -0.15) is 0 Å². The van der Waals surface area contributed by atoms with Crippen molar-refractivity contribution in [2.45, 2.75) is 32.0 Å². The van der Waals surface area contributed by atoms with Gasteiger partial charge in [-0.15, -0.1) is 11.3 Å². The fourth-order valence-corrected chi connectivity index (χ4v) is 3.43. The monoisotopic (exact) mass is 318 g/mol. The van der Waals surface area contributed by atoms with Crippen molar-refractivity contribution in [3.8, 4) is 5.75 Å². The van der Waals surface area contributed by atoms with Crippen molar-refractivity contribution in [1.29, 1.82) is 0 Å². The van der Waals surface area contributed by atoms with Crippen LogP contribution in [0.2, 0.25) is 0 Å². The number of benzene rings is 1.